The van der Waals surface area contributed by atoms with E-state index < -0.39 is 28.1 Å². The van der Waals surface area contributed by atoms with Crippen LogP contribution in [0.4, 0.5) is 13.2 Å². The molecule has 3 unspecified atom stereocenters. The van der Waals surface area contributed by atoms with Crippen molar-refractivity contribution in [2.75, 3.05) is 12.4 Å². The van der Waals surface area contributed by atoms with Crippen molar-refractivity contribution >= 4 is 16.5 Å². The molecular weight excluding hydrogens is 549 g/mol. The van der Waals surface area contributed by atoms with Gasteiger partial charge in [0.05, 0.1) is 17.6 Å². The van der Waals surface area contributed by atoms with Gasteiger partial charge in [0.15, 0.2) is 0 Å². The van der Waals surface area contributed by atoms with Gasteiger partial charge in [-0.3, -0.25) is 4.72 Å². The maximum atomic E-state index is 12.8. The van der Waals surface area contributed by atoms with Crippen LogP contribution in [-0.2, 0) is 23.4 Å². The molecule has 0 amide bonds. The Kier molecular flexibility index (Phi) is 10.3. The van der Waals surface area contributed by atoms with Crippen LogP contribution in [-0.4, -0.2) is 46.3 Å². The van der Waals surface area contributed by atoms with Gasteiger partial charge in [-0.2, -0.15) is 18.3 Å². The molecule has 1 aliphatic heterocycles. The lowest BCUT2D eigenvalue weighted by atomic mass is 9.93. The molecule has 2 heterocycles. The van der Waals surface area contributed by atoms with Crippen LogP contribution in [0.1, 0.15) is 58.1 Å². The molecule has 0 spiro atoms. The SMILES string of the molecule is C=S(CC(F)(F)F)NC(C)(C)c1cccc(-c2cc(Oc3ccc(CNC4CCCCOC4C)cc3)n(CC)n2)c1. The van der Waals surface area contributed by atoms with Gasteiger partial charge >= 0.3 is 6.18 Å². The Morgan fingerprint density at radius 1 is 1.12 bits per heavy atom. The van der Waals surface area contributed by atoms with Gasteiger partial charge < -0.3 is 14.8 Å². The van der Waals surface area contributed by atoms with E-state index in [9.17, 15) is 13.2 Å². The molecule has 1 saturated heterocycles. The summed E-state index contributed by atoms with van der Waals surface area (Å²) in [5.74, 6) is 4.04. The van der Waals surface area contributed by atoms with Crippen molar-refractivity contribution in [3.8, 4) is 22.9 Å². The van der Waals surface area contributed by atoms with E-state index in [2.05, 4.69) is 35.0 Å². The van der Waals surface area contributed by atoms with Crippen molar-refractivity contribution in [2.45, 2.75) is 83.9 Å². The predicted octanol–water partition coefficient (Wildman–Crippen LogP) is 7.41. The van der Waals surface area contributed by atoms with Crippen molar-refractivity contribution in [3.63, 3.8) is 0 Å². The molecule has 3 aromatic rings. The lowest BCUT2D eigenvalue weighted by molar-refractivity contribution is -0.105. The molecule has 1 fully saturated rings. The number of aryl methyl sites for hydroxylation is 1. The molecule has 0 radical (unpaired) electrons. The summed E-state index contributed by atoms with van der Waals surface area (Å²) in [7, 11) is -1.27. The fourth-order valence-electron chi connectivity index (χ4n) is 4.97. The van der Waals surface area contributed by atoms with Gasteiger partial charge in [0.1, 0.15) is 5.75 Å². The van der Waals surface area contributed by atoms with E-state index >= 15 is 0 Å². The van der Waals surface area contributed by atoms with Gasteiger partial charge in [0, 0.05) is 42.9 Å². The first-order valence-electron chi connectivity index (χ1n) is 14.1. The first-order valence-corrected chi connectivity index (χ1v) is 15.7. The number of rotatable bonds is 11. The number of ether oxygens (including phenoxy) is 2. The van der Waals surface area contributed by atoms with E-state index in [4.69, 9.17) is 14.6 Å². The van der Waals surface area contributed by atoms with Gasteiger partial charge in [-0.1, -0.05) is 36.2 Å². The Morgan fingerprint density at radius 3 is 2.59 bits per heavy atom. The summed E-state index contributed by atoms with van der Waals surface area (Å²) in [6, 6.07) is 18.0. The molecule has 0 saturated carbocycles. The number of nitrogens with one attached hydrogen (secondary N) is 2. The molecule has 41 heavy (non-hydrogen) atoms. The zero-order chi connectivity index (χ0) is 29.6. The second kappa shape index (κ2) is 13.5. The van der Waals surface area contributed by atoms with Crippen LogP contribution in [0.5, 0.6) is 11.6 Å². The summed E-state index contributed by atoms with van der Waals surface area (Å²) in [6.45, 7) is 10.1. The van der Waals surface area contributed by atoms with Crippen molar-refractivity contribution in [1.29, 1.82) is 0 Å². The van der Waals surface area contributed by atoms with E-state index in [1.165, 1.54) is 12.0 Å². The summed E-state index contributed by atoms with van der Waals surface area (Å²) in [5, 5.41) is 8.37. The van der Waals surface area contributed by atoms with E-state index in [-0.39, 0.29) is 6.10 Å². The van der Waals surface area contributed by atoms with Crippen LogP contribution in [0.25, 0.3) is 11.3 Å². The number of aromatic nitrogens is 2. The van der Waals surface area contributed by atoms with Crippen LogP contribution in [0.15, 0.2) is 54.6 Å². The molecule has 4 rings (SSSR count). The first-order chi connectivity index (χ1) is 19.4. The average molecular weight is 591 g/mol. The highest BCUT2D eigenvalue weighted by Gasteiger charge is 2.30. The Balaban J connectivity index is 1.43. The molecule has 1 aliphatic rings. The van der Waals surface area contributed by atoms with Crippen molar-refractivity contribution in [1.82, 2.24) is 19.8 Å². The summed E-state index contributed by atoms with van der Waals surface area (Å²) in [6.07, 6.45) is -0.633. The highest BCUT2D eigenvalue weighted by molar-refractivity contribution is 8.12. The van der Waals surface area contributed by atoms with E-state index in [1.54, 1.807) is 4.68 Å². The molecule has 0 bridgehead atoms. The topological polar surface area (TPSA) is 60.3 Å². The van der Waals surface area contributed by atoms with E-state index in [0.29, 0.717) is 24.2 Å². The Labute approximate surface area is 243 Å². The number of hydrogen-bond acceptors (Lipinski definition) is 5. The number of benzene rings is 2. The Morgan fingerprint density at radius 2 is 1.88 bits per heavy atom. The zero-order valence-electron chi connectivity index (χ0n) is 24.3. The minimum Gasteiger partial charge on any atom is -0.439 e. The third-order valence-electron chi connectivity index (χ3n) is 7.23. The summed E-state index contributed by atoms with van der Waals surface area (Å²) in [5.41, 5.74) is 2.89. The largest absolute Gasteiger partial charge is 0.439 e. The third kappa shape index (κ3) is 8.91. The zero-order valence-corrected chi connectivity index (χ0v) is 25.1. The van der Waals surface area contributed by atoms with Crippen molar-refractivity contribution in [2.24, 2.45) is 0 Å². The van der Waals surface area contributed by atoms with Gasteiger partial charge in [0.2, 0.25) is 5.88 Å². The van der Waals surface area contributed by atoms with Crippen LogP contribution in [0, 0.1) is 0 Å². The van der Waals surface area contributed by atoms with Crippen molar-refractivity contribution < 1.29 is 22.6 Å². The minimum atomic E-state index is -4.26. The lowest BCUT2D eigenvalue weighted by Gasteiger charge is -2.29. The average Bonchev–Trinajstić information content (AvgIpc) is 3.20. The number of nitrogens with zero attached hydrogens (tertiary/aromatic N) is 2. The second-order valence-corrected chi connectivity index (χ2v) is 12.5. The van der Waals surface area contributed by atoms with E-state index in [1.807, 2.05) is 63.2 Å². The van der Waals surface area contributed by atoms with Gasteiger partial charge in [0.25, 0.3) is 0 Å². The third-order valence-corrected chi connectivity index (χ3v) is 8.71. The maximum absolute atomic E-state index is 12.8. The molecule has 224 valence electrons. The molecule has 0 aliphatic carbocycles. The summed E-state index contributed by atoms with van der Waals surface area (Å²) < 4.78 is 55.5. The molecule has 2 aromatic carbocycles. The molecular formula is C31H41F3N4O2S. The highest BCUT2D eigenvalue weighted by Crippen LogP contribution is 2.33. The fraction of sp³-hybridized carbons (Fsp3) is 0.484. The first kappa shape index (κ1) is 31.3. The quantitative estimate of drug-likeness (QED) is 0.228. The Hall–Kier alpha value is -2.66. The Bertz CT molecular complexity index is 1310. The number of alkyl halides is 3. The van der Waals surface area contributed by atoms with E-state index in [0.717, 1.165) is 42.8 Å². The molecule has 10 heteroatoms. The lowest BCUT2D eigenvalue weighted by Crippen LogP contribution is -2.38. The van der Waals surface area contributed by atoms with Crippen LogP contribution in [0.3, 0.4) is 0 Å². The highest BCUT2D eigenvalue weighted by atomic mass is 32.2. The van der Waals surface area contributed by atoms with Crippen LogP contribution < -0.4 is 14.8 Å². The fourth-order valence-corrected chi connectivity index (χ4v) is 6.28. The van der Waals surface area contributed by atoms with Crippen LogP contribution in [0.2, 0.25) is 0 Å². The molecule has 3 atom stereocenters. The van der Waals surface area contributed by atoms with Gasteiger partial charge in [-0.05, 0) is 76.3 Å². The number of hydrogen-bond donors (Lipinski definition) is 2. The van der Waals surface area contributed by atoms with Crippen LogP contribution >= 0.6 is 10.7 Å². The normalized spacial score (nSPS) is 19.1. The minimum absolute atomic E-state index is 0.210. The monoisotopic (exact) mass is 590 g/mol. The molecule has 2 N–H and O–H groups in total. The van der Waals surface area contributed by atoms with Gasteiger partial charge in [-0.25, -0.2) is 4.68 Å². The predicted molar refractivity (Wildman–Crippen MR) is 162 cm³/mol. The standard InChI is InChI=1S/C31H41F3N4O2S/c1-6-38-29(40-26-15-13-23(14-16-26)20-35-27-12-7-8-17-39-22(27)2)19-28(36-38)24-10-9-11-25(18-24)30(3,4)37-41(5)21-31(32,33)34/h9-11,13-16,18-19,22,27,35,37H,5-8,12,17,20-21H2,1-4H3. The molecule has 6 nitrogen and oxygen atoms in total. The molecule has 1 aromatic heterocycles. The second-order valence-electron chi connectivity index (χ2n) is 11.0. The maximum Gasteiger partial charge on any atom is 0.398 e. The van der Waals surface area contributed by atoms with Crippen molar-refractivity contribution in [3.05, 3.63) is 65.7 Å². The smallest absolute Gasteiger partial charge is 0.398 e. The summed E-state index contributed by atoms with van der Waals surface area (Å²) >= 11 is 0. The van der Waals surface area contributed by atoms with Gasteiger partial charge in [-0.15, -0.1) is 10.7 Å². The number of halogens is 3. The summed E-state index contributed by atoms with van der Waals surface area (Å²) in [4.78, 5) is 0.